The molecule has 0 saturated carbocycles. The van der Waals surface area contributed by atoms with Crippen LogP contribution in [0, 0.1) is 0 Å². The van der Waals surface area contributed by atoms with Gasteiger partial charge in [0.1, 0.15) is 0 Å². The van der Waals surface area contributed by atoms with Crippen LogP contribution in [0.3, 0.4) is 0 Å². The van der Waals surface area contributed by atoms with Crippen molar-refractivity contribution in [1.82, 2.24) is 15.1 Å². The highest BCUT2D eigenvalue weighted by molar-refractivity contribution is 6.33. The van der Waals surface area contributed by atoms with Crippen LogP contribution < -0.4 is 4.90 Å². The molecule has 6 heteroatoms. The quantitative estimate of drug-likeness (QED) is 0.943. The summed E-state index contributed by atoms with van der Waals surface area (Å²) in [6.07, 6.45) is 4.07. The molecule has 1 saturated heterocycles. The van der Waals surface area contributed by atoms with Gasteiger partial charge >= 0.3 is 0 Å². The average molecular weight is 319 g/mol. The van der Waals surface area contributed by atoms with Crippen LogP contribution in [0.5, 0.6) is 0 Å². The monoisotopic (exact) mass is 318 g/mol. The standard InChI is InChI=1S/C16H19ClN4O/c1-20(11-13-6-7-18-19-13)16(22)12-4-5-15(14(17)10-12)21-8-2-3-9-21/h4-7,10H,2-3,8-9,11H2,1H3,(H,18,19). The topological polar surface area (TPSA) is 52.2 Å². The summed E-state index contributed by atoms with van der Waals surface area (Å²) in [5.41, 5.74) is 2.53. The summed E-state index contributed by atoms with van der Waals surface area (Å²) in [6.45, 7) is 2.56. The lowest BCUT2D eigenvalue weighted by molar-refractivity contribution is 0.0783. The van der Waals surface area contributed by atoms with Gasteiger partial charge < -0.3 is 9.80 Å². The van der Waals surface area contributed by atoms with Crippen LogP contribution in [0.25, 0.3) is 0 Å². The molecule has 116 valence electrons. The molecular formula is C16H19ClN4O. The van der Waals surface area contributed by atoms with Crippen LogP contribution in [-0.2, 0) is 6.54 Å². The van der Waals surface area contributed by atoms with Gasteiger partial charge in [0.25, 0.3) is 5.91 Å². The lowest BCUT2D eigenvalue weighted by Crippen LogP contribution is -2.26. The average Bonchev–Trinajstić information content (AvgIpc) is 3.19. The first-order chi connectivity index (χ1) is 10.6. The second kappa shape index (κ2) is 6.40. The summed E-state index contributed by atoms with van der Waals surface area (Å²) in [6, 6.07) is 7.42. The predicted octanol–water partition coefficient (Wildman–Crippen LogP) is 2.94. The van der Waals surface area contributed by atoms with Crippen molar-refractivity contribution in [3.8, 4) is 0 Å². The van der Waals surface area contributed by atoms with Crippen LogP contribution in [0.2, 0.25) is 5.02 Å². The number of hydrogen-bond acceptors (Lipinski definition) is 3. The van der Waals surface area contributed by atoms with E-state index in [-0.39, 0.29) is 5.91 Å². The van der Waals surface area contributed by atoms with Gasteiger partial charge in [0.2, 0.25) is 0 Å². The number of aromatic amines is 1. The van der Waals surface area contributed by atoms with Crippen molar-refractivity contribution >= 4 is 23.2 Å². The second-order valence-corrected chi connectivity index (χ2v) is 6.01. The largest absolute Gasteiger partial charge is 0.370 e. The number of H-pyrrole nitrogens is 1. The van der Waals surface area contributed by atoms with E-state index in [0.717, 1.165) is 24.5 Å². The number of carbonyl (C=O) groups excluding carboxylic acids is 1. The van der Waals surface area contributed by atoms with E-state index in [1.165, 1.54) is 12.8 Å². The summed E-state index contributed by atoms with van der Waals surface area (Å²) < 4.78 is 0. The Kier molecular flexibility index (Phi) is 4.34. The van der Waals surface area contributed by atoms with Crippen LogP contribution >= 0.6 is 11.6 Å². The first-order valence-corrected chi connectivity index (χ1v) is 7.81. The maximum atomic E-state index is 12.5. The number of rotatable bonds is 4. The van der Waals surface area contributed by atoms with Crippen molar-refractivity contribution in [3.63, 3.8) is 0 Å². The number of aromatic nitrogens is 2. The number of nitrogens with one attached hydrogen (secondary N) is 1. The zero-order chi connectivity index (χ0) is 15.5. The number of carbonyl (C=O) groups is 1. The van der Waals surface area contributed by atoms with Crippen LogP contribution in [0.15, 0.2) is 30.5 Å². The highest BCUT2D eigenvalue weighted by Crippen LogP contribution is 2.29. The first-order valence-electron chi connectivity index (χ1n) is 7.43. The van der Waals surface area contributed by atoms with Gasteiger partial charge in [0, 0.05) is 31.9 Å². The van der Waals surface area contributed by atoms with E-state index in [9.17, 15) is 4.79 Å². The van der Waals surface area contributed by atoms with E-state index in [1.807, 2.05) is 18.2 Å². The predicted molar refractivity (Wildman–Crippen MR) is 87.3 cm³/mol. The van der Waals surface area contributed by atoms with Crippen LogP contribution in [0.4, 0.5) is 5.69 Å². The first kappa shape index (κ1) is 14.9. The van der Waals surface area contributed by atoms with Gasteiger partial charge in [-0.15, -0.1) is 0 Å². The Bertz CT molecular complexity index is 650. The Morgan fingerprint density at radius 2 is 2.14 bits per heavy atom. The molecule has 0 aliphatic carbocycles. The number of hydrogen-bond donors (Lipinski definition) is 1. The Balaban J connectivity index is 1.73. The Morgan fingerprint density at radius 1 is 1.36 bits per heavy atom. The molecule has 0 radical (unpaired) electrons. The molecular weight excluding hydrogens is 300 g/mol. The van der Waals surface area contributed by atoms with Gasteiger partial charge in [-0.25, -0.2) is 0 Å². The fourth-order valence-corrected chi connectivity index (χ4v) is 3.07. The van der Waals surface area contributed by atoms with E-state index in [0.29, 0.717) is 17.1 Å². The Labute approximate surface area is 134 Å². The second-order valence-electron chi connectivity index (χ2n) is 5.60. The third-order valence-corrected chi connectivity index (χ3v) is 4.26. The molecule has 5 nitrogen and oxygen atoms in total. The summed E-state index contributed by atoms with van der Waals surface area (Å²) in [5.74, 6) is -0.0514. The van der Waals surface area contributed by atoms with Gasteiger partial charge in [-0.3, -0.25) is 9.89 Å². The van der Waals surface area contributed by atoms with Crippen LogP contribution in [0.1, 0.15) is 28.9 Å². The maximum Gasteiger partial charge on any atom is 0.254 e. The summed E-state index contributed by atoms with van der Waals surface area (Å²) in [4.78, 5) is 16.4. The number of amides is 1. The molecule has 1 aliphatic rings. The SMILES string of the molecule is CN(Cc1ccn[nH]1)C(=O)c1ccc(N2CCCC2)c(Cl)c1. The highest BCUT2D eigenvalue weighted by atomic mass is 35.5. The molecule has 22 heavy (non-hydrogen) atoms. The third-order valence-electron chi connectivity index (χ3n) is 3.95. The molecule has 3 rings (SSSR count). The Morgan fingerprint density at radius 3 is 2.77 bits per heavy atom. The number of benzene rings is 1. The number of halogens is 1. The van der Waals surface area contributed by atoms with Crippen molar-refractivity contribution in [2.75, 3.05) is 25.0 Å². The van der Waals surface area contributed by atoms with Crippen molar-refractivity contribution in [3.05, 3.63) is 46.7 Å². The molecule has 1 aromatic heterocycles. The van der Waals surface area contributed by atoms with Gasteiger partial charge in [-0.1, -0.05) is 11.6 Å². The molecule has 1 amide bonds. The van der Waals surface area contributed by atoms with Gasteiger partial charge in [-0.05, 0) is 37.1 Å². The minimum absolute atomic E-state index is 0.0514. The highest BCUT2D eigenvalue weighted by Gasteiger charge is 2.18. The van der Waals surface area contributed by atoms with Crippen molar-refractivity contribution in [2.45, 2.75) is 19.4 Å². The molecule has 0 bridgehead atoms. The number of anilines is 1. The van der Waals surface area contributed by atoms with Gasteiger partial charge in [0.05, 0.1) is 22.9 Å². The molecule has 2 aromatic rings. The van der Waals surface area contributed by atoms with E-state index in [4.69, 9.17) is 11.6 Å². The lowest BCUT2D eigenvalue weighted by Gasteiger charge is -2.21. The zero-order valence-electron chi connectivity index (χ0n) is 12.6. The summed E-state index contributed by atoms with van der Waals surface area (Å²) >= 11 is 6.37. The van der Waals surface area contributed by atoms with Crippen molar-refractivity contribution in [1.29, 1.82) is 0 Å². The molecule has 0 atom stereocenters. The molecule has 0 unspecified atom stereocenters. The van der Waals surface area contributed by atoms with E-state index in [1.54, 1.807) is 24.2 Å². The maximum absolute atomic E-state index is 12.5. The van der Waals surface area contributed by atoms with Crippen molar-refractivity contribution in [2.24, 2.45) is 0 Å². The van der Waals surface area contributed by atoms with E-state index in [2.05, 4.69) is 15.1 Å². The summed E-state index contributed by atoms with van der Waals surface area (Å²) in [7, 11) is 1.77. The lowest BCUT2D eigenvalue weighted by atomic mass is 10.1. The van der Waals surface area contributed by atoms with Crippen molar-refractivity contribution < 1.29 is 4.79 Å². The smallest absolute Gasteiger partial charge is 0.254 e. The molecule has 0 spiro atoms. The fraction of sp³-hybridized carbons (Fsp3) is 0.375. The van der Waals surface area contributed by atoms with Gasteiger partial charge in [-0.2, -0.15) is 5.10 Å². The molecule has 1 N–H and O–H groups in total. The summed E-state index contributed by atoms with van der Waals surface area (Å²) in [5, 5.41) is 7.38. The van der Waals surface area contributed by atoms with Gasteiger partial charge in [0.15, 0.2) is 0 Å². The van der Waals surface area contributed by atoms with E-state index >= 15 is 0 Å². The molecule has 1 aromatic carbocycles. The zero-order valence-corrected chi connectivity index (χ0v) is 13.3. The minimum Gasteiger partial charge on any atom is -0.370 e. The molecule has 2 heterocycles. The third kappa shape index (κ3) is 3.09. The van der Waals surface area contributed by atoms with E-state index < -0.39 is 0 Å². The fourth-order valence-electron chi connectivity index (χ4n) is 2.77. The minimum atomic E-state index is -0.0514. The van der Waals surface area contributed by atoms with Crippen LogP contribution in [-0.4, -0.2) is 41.1 Å². The molecule has 1 fully saturated rings. The Hall–Kier alpha value is -2.01. The normalized spacial score (nSPS) is 14.4. The number of nitrogens with zero attached hydrogens (tertiary/aromatic N) is 3. The molecule has 1 aliphatic heterocycles.